The number of aromatic nitrogens is 2. The standard InChI is InChI=1S/C18H26N6O2/c1-13(25-3)9-11-19-21-17-15-7-5-6-8-16(15)18(24-23-17)22-20-12-10-14(2)26-4/h5-8,11-14H,9-10H2,1-4H3,(H,21,23)(H,22,24)/b19-11+,20-12+/t13-,14+. The van der Waals surface area contributed by atoms with Crippen molar-refractivity contribution in [2.75, 3.05) is 25.1 Å². The fourth-order valence-electron chi connectivity index (χ4n) is 2.08. The highest BCUT2D eigenvalue weighted by atomic mass is 16.5. The smallest absolute Gasteiger partial charge is 0.176 e. The van der Waals surface area contributed by atoms with E-state index in [0.717, 1.165) is 10.8 Å². The summed E-state index contributed by atoms with van der Waals surface area (Å²) in [5.74, 6) is 1.17. The number of nitrogens with zero attached hydrogens (tertiary/aromatic N) is 4. The van der Waals surface area contributed by atoms with Crippen LogP contribution in [-0.2, 0) is 9.47 Å². The second-order valence-corrected chi connectivity index (χ2v) is 5.85. The van der Waals surface area contributed by atoms with E-state index in [1.165, 1.54) is 0 Å². The molecule has 140 valence electrons. The summed E-state index contributed by atoms with van der Waals surface area (Å²) in [6.45, 7) is 3.96. The highest BCUT2D eigenvalue weighted by Gasteiger charge is 2.08. The fraction of sp³-hybridized carbons (Fsp3) is 0.444. The quantitative estimate of drug-likeness (QED) is 0.500. The Morgan fingerprint density at radius 1 is 0.885 bits per heavy atom. The van der Waals surface area contributed by atoms with E-state index in [1.807, 2.05) is 38.1 Å². The summed E-state index contributed by atoms with van der Waals surface area (Å²) in [5.41, 5.74) is 5.88. The molecule has 2 N–H and O–H groups in total. The second-order valence-electron chi connectivity index (χ2n) is 5.85. The van der Waals surface area contributed by atoms with Crippen molar-refractivity contribution in [1.82, 2.24) is 10.2 Å². The number of anilines is 2. The van der Waals surface area contributed by atoms with Gasteiger partial charge < -0.3 is 9.47 Å². The Labute approximate surface area is 153 Å². The lowest BCUT2D eigenvalue weighted by Crippen LogP contribution is -2.06. The Kier molecular flexibility index (Phi) is 7.91. The average molecular weight is 358 g/mol. The highest BCUT2D eigenvalue weighted by Crippen LogP contribution is 2.25. The number of hydrogen-bond acceptors (Lipinski definition) is 8. The van der Waals surface area contributed by atoms with E-state index >= 15 is 0 Å². The first-order valence-electron chi connectivity index (χ1n) is 8.51. The third kappa shape index (κ3) is 5.75. The zero-order valence-corrected chi connectivity index (χ0v) is 15.6. The zero-order chi connectivity index (χ0) is 18.8. The van der Waals surface area contributed by atoms with Crippen LogP contribution in [0.15, 0.2) is 34.5 Å². The normalized spacial score (nSPS) is 14.2. The number of hydrazone groups is 2. The van der Waals surface area contributed by atoms with Crippen molar-refractivity contribution in [2.45, 2.75) is 38.9 Å². The lowest BCUT2D eigenvalue weighted by molar-refractivity contribution is 0.125. The van der Waals surface area contributed by atoms with E-state index in [2.05, 4.69) is 31.3 Å². The Morgan fingerprint density at radius 2 is 1.31 bits per heavy atom. The predicted octanol–water partition coefficient (Wildman–Crippen LogP) is 3.28. The molecular formula is C18H26N6O2. The van der Waals surface area contributed by atoms with E-state index < -0.39 is 0 Å². The van der Waals surface area contributed by atoms with Gasteiger partial charge >= 0.3 is 0 Å². The number of rotatable bonds is 10. The van der Waals surface area contributed by atoms with Gasteiger partial charge in [-0.25, -0.2) is 0 Å². The Morgan fingerprint density at radius 3 is 1.69 bits per heavy atom. The minimum atomic E-state index is 0.119. The van der Waals surface area contributed by atoms with Crippen LogP contribution in [0.5, 0.6) is 0 Å². The number of benzene rings is 1. The number of fused-ring (bicyclic) bond motifs is 1. The van der Waals surface area contributed by atoms with Crippen molar-refractivity contribution < 1.29 is 9.47 Å². The number of ether oxygens (including phenoxy) is 2. The first kappa shape index (κ1) is 19.7. The van der Waals surface area contributed by atoms with E-state index in [0.29, 0.717) is 24.5 Å². The molecule has 0 unspecified atom stereocenters. The molecule has 8 heteroatoms. The molecule has 0 fully saturated rings. The molecule has 0 saturated heterocycles. The first-order chi connectivity index (χ1) is 12.7. The maximum atomic E-state index is 5.18. The highest BCUT2D eigenvalue weighted by molar-refractivity contribution is 5.98. The zero-order valence-electron chi connectivity index (χ0n) is 15.6. The van der Waals surface area contributed by atoms with Crippen LogP contribution in [0, 0.1) is 0 Å². The Bertz CT molecular complexity index is 687. The van der Waals surface area contributed by atoms with Crippen molar-refractivity contribution in [3.63, 3.8) is 0 Å². The van der Waals surface area contributed by atoms with Crippen LogP contribution in [-0.4, -0.2) is 49.1 Å². The number of hydrogen-bond donors (Lipinski definition) is 2. The van der Waals surface area contributed by atoms with Gasteiger partial charge in [-0.1, -0.05) is 24.3 Å². The maximum absolute atomic E-state index is 5.18. The van der Waals surface area contributed by atoms with Crippen LogP contribution in [0.2, 0.25) is 0 Å². The van der Waals surface area contributed by atoms with Gasteiger partial charge in [-0.3, -0.25) is 10.9 Å². The Balaban J connectivity index is 2.10. The van der Waals surface area contributed by atoms with Gasteiger partial charge in [0.05, 0.1) is 12.2 Å². The molecule has 0 saturated carbocycles. The lowest BCUT2D eigenvalue weighted by Gasteiger charge is -2.08. The summed E-state index contributed by atoms with van der Waals surface area (Å²) >= 11 is 0. The summed E-state index contributed by atoms with van der Waals surface area (Å²) in [6.07, 6.45) is 5.18. The molecule has 1 heterocycles. The largest absolute Gasteiger partial charge is 0.381 e. The fourth-order valence-corrected chi connectivity index (χ4v) is 2.08. The van der Waals surface area contributed by atoms with E-state index in [1.54, 1.807) is 26.6 Å². The summed E-state index contributed by atoms with van der Waals surface area (Å²) in [4.78, 5) is 0. The van der Waals surface area contributed by atoms with E-state index in [-0.39, 0.29) is 12.2 Å². The van der Waals surface area contributed by atoms with Gasteiger partial charge in [-0.15, -0.1) is 10.2 Å². The predicted molar refractivity (Wildman–Crippen MR) is 106 cm³/mol. The number of methoxy groups -OCH3 is 2. The van der Waals surface area contributed by atoms with Gasteiger partial charge in [-0.05, 0) is 13.8 Å². The van der Waals surface area contributed by atoms with Crippen LogP contribution in [0.4, 0.5) is 11.6 Å². The molecule has 2 atom stereocenters. The average Bonchev–Trinajstić information content (AvgIpc) is 2.68. The molecule has 26 heavy (non-hydrogen) atoms. The first-order valence-corrected chi connectivity index (χ1v) is 8.51. The lowest BCUT2D eigenvalue weighted by atomic mass is 10.2. The minimum Gasteiger partial charge on any atom is -0.381 e. The second kappa shape index (κ2) is 10.4. The van der Waals surface area contributed by atoms with Crippen molar-refractivity contribution in [2.24, 2.45) is 10.2 Å². The van der Waals surface area contributed by atoms with Gasteiger partial charge in [0, 0.05) is 50.3 Å². The van der Waals surface area contributed by atoms with Crippen molar-refractivity contribution in [1.29, 1.82) is 0 Å². The minimum absolute atomic E-state index is 0.119. The molecular weight excluding hydrogens is 332 g/mol. The van der Waals surface area contributed by atoms with Crippen molar-refractivity contribution >= 4 is 34.8 Å². The van der Waals surface area contributed by atoms with Crippen LogP contribution in [0.3, 0.4) is 0 Å². The number of nitrogens with one attached hydrogen (secondary N) is 2. The van der Waals surface area contributed by atoms with Crippen LogP contribution >= 0.6 is 0 Å². The molecule has 0 amide bonds. The maximum Gasteiger partial charge on any atom is 0.176 e. The van der Waals surface area contributed by atoms with E-state index in [4.69, 9.17) is 9.47 Å². The summed E-state index contributed by atoms with van der Waals surface area (Å²) in [6, 6.07) is 7.81. The molecule has 0 aliphatic heterocycles. The monoisotopic (exact) mass is 358 g/mol. The van der Waals surface area contributed by atoms with Crippen LogP contribution in [0.25, 0.3) is 10.8 Å². The summed E-state index contributed by atoms with van der Waals surface area (Å²) in [5, 5.41) is 18.6. The van der Waals surface area contributed by atoms with Gasteiger partial charge in [0.25, 0.3) is 0 Å². The van der Waals surface area contributed by atoms with Crippen molar-refractivity contribution in [3.05, 3.63) is 24.3 Å². The molecule has 2 aromatic rings. The molecule has 0 radical (unpaired) electrons. The summed E-state index contributed by atoms with van der Waals surface area (Å²) < 4.78 is 10.4. The topological polar surface area (TPSA) is 93.0 Å². The van der Waals surface area contributed by atoms with Crippen LogP contribution < -0.4 is 10.9 Å². The molecule has 0 aliphatic rings. The summed E-state index contributed by atoms with van der Waals surface area (Å²) in [7, 11) is 3.35. The SMILES string of the molecule is CO[C@H](C)C/C=N/Nc1nnc(N/N=C/C[C@H](C)OC)c2ccccc12. The molecule has 1 aromatic carbocycles. The van der Waals surface area contributed by atoms with Gasteiger partial charge in [-0.2, -0.15) is 10.2 Å². The third-order valence-corrected chi connectivity index (χ3v) is 3.89. The van der Waals surface area contributed by atoms with Gasteiger partial charge in [0.15, 0.2) is 11.6 Å². The molecule has 2 rings (SSSR count). The molecule has 0 bridgehead atoms. The molecule has 0 aliphatic carbocycles. The molecule has 0 spiro atoms. The molecule has 8 nitrogen and oxygen atoms in total. The Hall–Kier alpha value is -2.58. The molecule has 1 aromatic heterocycles. The van der Waals surface area contributed by atoms with Crippen molar-refractivity contribution in [3.8, 4) is 0 Å². The van der Waals surface area contributed by atoms with E-state index in [9.17, 15) is 0 Å². The van der Waals surface area contributed by atoms with Crippen LogP contribution in [0.1, 0.15) is 26.7 Å². The third-order valence-electron chi connectivity index (χ3n) is 3.89. The van der Waals surface area contributed by atoms with Gasteiger partial charge in [0.1, 0.15) is 0 Å². The van der Waals surface area contributed by atoms with Gasteiger partial charge in [0.2, 0.25) is 0 Å².